The average Bonchev–Trinajstić information content (AvgIpc) is 4.12. The lowest BCUT2D eigenvalue weighted by Crippen LogP contribution is -2.44. The molecule has 4 heterocycles. The number of hydrogen-bond donors (Lipinski definition) is 4. The summed E-state index contributed by atoms with van der Waals surface area (Å²) in [5, 5.41) is 25.8. The van der Waals surface area contributed by atoms with Crippen molar-refractivity contribution in [3.63, 3.8) is 0 Å². The van der Waals surface area contributed by atoms with Crippen LogP contribution in [0.3, 0.4) is 0 Å². The fourth-order valence-electron chi connectivity index (χ4n) is 8.86. The Balaban J connectivity index is 0.000000172. The van der Waals surface area contributed by atoms with Crippen molar-refractivity contribution in [2.24, 2.45) is 17.8 Å². The Morgan fingerprint density at radius 1 is 0.875 bits per heavy atom. The predicted molar refractivity (Wildman–Crippen MR) is 216 cm³/mol. The molecule has 16 nitrogen and oxygen atoms in total. The van der Waals surface area contributed by atoms with Gasteiger partial charge in [0.1, 0.15) is 5.52 Å². The number of methoxy groups -OCH3 is 1. The minimum absolute atomic E-state index is 0.0233. The van der Waals surface area contributed by atoms with Crippen LogP contribution in [0.5, 0.6) is 5.75 Å². The Labute approximate surface area is 324 Å². The molecule has 4 atom stereocenters. The second-order valence-electron chi connectivity index (χ2n) is 15.6. The van der Waals surface area contributed by atoms with Crippen LogP contribution in [-0.2, 0) is 0 Å². The van der Waals surface area contributed by atoms with E-state index in [1.807, 2.05) is 33.2 Å². The smallest absolute Gasteiger partial charge is 0.350 e. The largest absolute Gasteiger partial charge is 0.492 e. The zero-order valence-electron chi connectivity index (χ0n) is 32.5. The van der Waals surface area contributed by atoms with E-state index in [0.717, 1.165) is 86.3 Å². The lowest BCUT2D eigenvalue weighted by Gasteiger charge is -2.25. The van der Waals surface area contributed by atoms with Gasteiger partial charge >= 0.3 is 11.4 Å². The van der Waals surface area contributed by atoms with Crippen molar-refractivity contribution >= 4 is 33.2 Å². The molecule has 5 N–H and O–H groups in total. The van der Waals surface area contributed by atoms with Crippen LogP contribution in [0.4, 0.5) is 11.4 Å². The Kier molecular flexibility index (Phi) is 11.0. The van der Waals surface area contributed by atoms with Crippen molar-refractivity contribution in [3.8, 4) is 17.9 Å². The van der Waals surface area contributed by atoms with Crippen molar-refractivity contribution in [1.29, 1.82) is 10.5 Å². The Bertz CT molecular complexity index is 2460. The first kappa shape index (κ1) is 38.7. The van der Waals surface area contributed by atoms with E-state index in [1.165, 1.54) is 0 Å². The lowest BCUT2D eigenvalue weighted by molar-refractivity contribution is 0.404. The van der Waals surface area contributed by atoms with E-state index < -0.39 is 11.2 Å². The number of H-pyrrole nitrogens is 1. The van der Waals surface area contributed by atoms with E-state index in [0.29, 0.717) is 52.4 Å². The number of aromatic amines is 1. The zero-order chi connectivity index (χ0) is 39.8. The average molecular weight is 766 g/mol. The molecule has 56 heavy (non-hydrogen) atoms. The van der Waals surface area contributed by atoms with Crippen molar-refractivity contribution in [1.82, 2.24) is 29.4 Å². The van der Waals surface area contributed by atoms with Gasteiger partial charge in [-0.2, -0.15) is 15.2 Å². The molecule has 16 heteroatoms. The fourth-order valence-corrected chi connectivity index (χ4v) is 8.86. The summed E-state index contributed by atoms with van der Waals surface area (Å²) in [4.78, 5) is 57.0. The molecular formula is C40H51N11O5. The molecule has 2 aromatic carbocycles. The Morgan fingerprint density at radius 3 is 2.12 bits per heavy atom. The maximum Gasteiger partial charge on any atom is 0.350 e. The highest BCUT2D eigenvalue weighted by molar-refractivity contribution is 5.91. The first-order valence-corrected chi connectivity index (χ1v) is 19.6. The molecule has 0 amide bonds. The molecule has 4 fully saturated rings. The molecule has 4 unspecified atom stereocenters. The molecule has 2 aliphatic heterocycles. The number of nitrogens with zero attached hydrogens (tertiary/aromatic N) is 7. The van der Waals surface area contributed by atoms with Crippen molar-refractivity contribution in [2.45, 2.75) is 70.0 Å². The van der Waals surface area contributed by atoms with Gasteiger partial charge in [0.15, 0.2) is 5.75 Å². The minimum atomic E-state index is -0.454. The molecule has 0 spiro atoms. The monoisotopic (exact) mass is 765 g/mol. The first-order chi connectivity index (χ1) is 27.1. The molecule has 2 saturated heterocycles. The molecule has 2 aliphatic carbocycles. The van der Waals surface area contributed by atoms with Crippen molar-refractivity contribution in [2.75, 3.05) is 69.6 Å². The fraction of sp³-hybridized carbons (Fsp3) is 0.550. The number of nitrogens with one attached hydrogen (secondary N) is 3. The van der Waals surface area contributed by atoms with Gasteiger partial charge in [0.05, 0.1) is 53.6 Å². The maximum absolute atomic E-state index is 12.7. The van der Waals surface area contributed by atoms with Crippen LogP contribution >= 0.6 is 0 Å². The number of fused-ring (bicyclic) bond motifs is 2. The van der Waals surface area contributed by atoms with Gasteiger partial charge in [-0.25, -0.2) is 9.59 Å². The Morgan fingerprint density at radius 2 is 1.50 bits per heavy atom. The second kappa shape index (κ2) is 15.9. The second-order valence-corrected chi connectivity index (χ2v) is 15.6. The van der Waals surface area contributed by atoms with Crippen LogP contribution in [0.2, 0.25) is 0 Å². The van der Waals surface area contributed by atoms with Gasteiger partial charge in [-0.1, -0.05) is 0 Å². The summed E-state index contributed by atoms with van der Waals surface area (Å²) >= 11 is 0. The van der Waals surface area contributed by atoms with Gasteiger partial charge in [-0.3, -0.25) is 23.7 Å². The molecule has 2 aromatic heterocycles. The van der Waals surface area contributed by atoms with Crippen LogP contribution < -0.4 is 53.5 Å². The van der Waals surface area contributed by atoms with Gasteiger partial charge in [-0.05, 0) is 101 Å². The molecule has 4 aromatic rings. The van der Waals surface area contributed by atoms with Crippen LogP contribution in [0.25, 0.3) is 21.8 Å². The SMILES string of the molecule is CNC(CC#N)C1CCN(c2ccc3c(=O)[nH]c(=O)n(C4CC4)c3c2OC)C1.CNCC(C#N)C1CCN(c2ccc3c(=O)n(N)c(=O)n(C4CC4)c3c2C)C1. The Hall–Kier alpha value is -5.58. The number of anilines is 2. The van der Waals surface area contributed by atoms with E-state index in [4.69, 9.17) is 15.8 Å². The highest BCUT2D eigenvalue weighted by Gasteiger charge is 2.35. The standard InChI is InChI=1S/C20H26N6O2.C20H25N5O3/c1-12-17(24-8-7-13(11-24)14(9-21)10-23-2)6-5-16-18(12)25(15-3-4-15)20(28)26(22)19(16)27;1-22-15(7-9-21)12-8-10-24(11-12)16-6-5-14-17(18(16)28-2)25(13-3-4-13)20(27)23-19(14)26/h5-6,13-15,23H,3-4,7-8,10-11,22H2,1-2H3;5-6,12-13,15,22H,3-4,7-8,10-11H2,1-2H3,(H,23,26,27). The van der Waals surface area contributed by atoms with E-state index in [9.17, 15) is 24.4 Å². The molecule has 2 saturated carbocycles. The molecule has 0 radical (unpaired) electrons. The van der Waals surface area contributed by atoms with Gasteiger partial charge in [0.2, 0.25) is 0 Å². The number of rotatable bonds is 11. The molecule has 296 valence electrons. The summed E-state index contributed by atoms with van der Waals surface area (Å²) in [6.07, 6.45) is 6.11. The number of aromatic nitrogens is 4. The molecule has 8 rings (SSSR count). The first-order valence-electron chi connectivity index (χ1n) is 19.6. The van der Waals surface area contributed by atoms with Crippen LogP contribution in [0, 0.1) is 47.3 Å². The number of hydrogen-bond acceptors (Lipinski definition) is 12. The number of aryl methyl sites for hydroxylation is 1. The third kappa shape index (κ3) is 7.03. The highest BCUT2D eigenvalue weighted by Crippen LogP contribution is 2.42. The van der Waals surface area contributed by atoms with Crippen LogP contribution in [-0.4, -0.2) is 78.8 Å². The number of ether oxygens (including phenoxy) is 1. The van der Waals surface area contributed by atoms with Crippen molar-refractivity contribution in [3.05, 3.63) is 71.5 Å². The third-order valence-corrected chi connectivity index (χ3v) is 12.1. The van der Waals surface area contributed by atoms with Gasteiger partial charge in [-0.15, -0.1) is 0 Å². The number of nitriles is 2. The zero-order valence-corrected chi connectivity index (χ0v) is 32.5. The van der Waals surface area contributed by atoms with E-state index in [1.54, 1.807) is 28.4 Å². The van der Waals surface area contributed by atoms with E-state index >= 15 is 0 Å². The maximum atomic E-state index is 12.7. The summed E-state index contributed by atoms with van der Waals surface area (Å²) in [6.45, 7) is 5.95. The number of nitrogens with two attached hydrogens (primary N) is 1. The normalized spacial score (nSPS) is 20.4. The number of nitrogen functional groups attached to an aromatic ring is 1. The van der Waals surface area contributed by atoms with Crippen molar-refractivity contribution < 1.29 is 4.74 Å². The summed E-state index contributed by atoms with van der Waals surface area (Å²) < 4.78 is 9.85. The minimum Gasteiger partial charge on any atom is -0.492 e. The molecule has 0 bridgehead atoms. The summed E-state index contributed by atoms with van der Waals surface area (Å²) in [6, 6.07) is 12.5. The van der Waals surface area contributed by atoms with Gasteiger partial charge in [0, 0.05) is 56.5 Å². The molecular weight excluding hydrogens is 715 g/mol. The van der Waals surface area contributed by atoms with Crippen LogP contribution in [0.1, 0.15) is 62.6 Å². The van der Waals surface area contributed by atoms with E-state index in [-0.39, 0.29) is 35.3 Å². The van der Waals surface area contributed by atoms with Gasteiger partial charge < -0.3 is 31.0 Å². The number of benzene rings is 2. The third-order valence-electron chi connectivity index (χ3n) is 12.1. The van der Waals surface area contributed by atoms with E-state index in [2.05, 4.69) is 37.6 Å². The highest BCUT2D eigenvalue weighted by atomic mass is 16.5. The quantitative estimate of drug-likeness (QED) is 0.162. The summed E-state index contributed by atoms with van der Waals surface area (Å²) in [5.74, 6) is 6.96. The summed E-state index contributed by atoms with van der Waals surface area (Å²) in [5.41, 5.74) is 2.48. The summed E-state index contributed by atoms with van der Waals surface area (Å²) in [7, 11) is 5.34. The van der Waals surface area contributed by atoms with Gasteiger partial charge in [0.25, 0.3) is 11.1 Å². The molecule has 4 aliphatic rings. The topological polar surface area (TPSA) is 212 Å². The predicted octanol–water partition coefficient (Wildman–Crippen LogP) is 2.07. The van der Waals surface area contributed by atoms with Crippen LogP contribution in [0.15, 0.2) is 43.4 Å². The lowest BCUT2D eigenvalue weighted by atomic mass is 9.93.